The molecule has 1 aromatic carbocycles. The van der Waals surface area contributed by atoms with Gasteiger partial charge in [0.2, 0.25) is 10.0 Å². The molecule has 0 spiro atoms. The van der Waals surface area contributed by atoms with E-state index >= 15 is 0 Å². The van der Waals surface area contributed by atoms with Gasteiger partial charge in [-0.15, -0.1) is 0 Å². The van der Waals surface area contributed by atoms with E-state index in [-0.39, 0.29) is 11.4 Å². The SMILES string of the molecule is CCCNc1ccc(S(=O)(=O)NCCOCC(C)C)cc1. The fourth-order valence-corrected chi connectivity index (χ4v) is 2.68. The minimum Gasteiger partial charge on any atom is -0.385 e. The lowest BCUT2D eigenvalue weighted by Gasteiger charge is -2.10. The van der Waals surface area contributed by atoms with Gasteiger partial charge in [0, 0.05) is 25.4 Å². The summed E-state index contributed by atoms with van der Waals surface area (Å²) in [5.74, 6) is 0.449. The van der Waals surface area contributed by atoms with Crippen LogP contribution in [0.25, 0.3) is 0 Å². The van der Waals surface area contributed by atoms with Crippen molar-refractivity contribution in [3.05, 3.63) is 24.3 Å². The number of hydrogen-bond acceptors (Lipinski definition) is 4. The van der Waals surface area contributed by atoms with Gasteiger partial charge in [0.05, 0.1) is 11.5 Å². The highest BCUT2D eigenvalue weighted by molar-refractivity contribution is 7.89. The van der Waals surface area contributed by atoms with Crippen molar-refractivity contribution in [3.8, 4) is 0 Å². The summed E-state index contributed by atoms with van der Waals surface area (Å²) in [4.78, 5) is 0.272. The molecule has 1 rings (SSSR count). The van der Waals surface area contributed by atoms with Gasteiger partial charge in [0.1, 0.15) is 0 Å². The molecule has 0 saturated heterocycles. The molecule has 0 fully saturated rings. The van der Waals surface area contributed by atoms with Crippen LogP contribution in [-0.4, -0.2) is 34.7 Å². The molecular weight excluding hydrogens is 288 g/mol. The first-order valence-electron chi connectivity index (χ1n) is 7.37. The Morgan fingerprint density at radius 1 is 1.14 bits per heavy atom. The second kappa shape index (κ2) is 9.02. The lowest BCUT2D eigenvalue weighted by atomic mass is 10.2. The molecule has 0 heterocycles. The fourth-order valence-electron chi connectivity index (χ4n) is 1.67. The van der Waals surface area contributed by atoms with E-state index in [4.69, 9.17) is 4.74 Å². The van der Waals surface area contributed by atoms with Crippen LogP contribution in [0.3, 0.4) is 0 Å². The average molecular weight is 314 g/mol. The summed E-state index contributed by atoms with van der Waals surface area (Å²) < 4.78 is 32.0. The smallest absolute Gasteiger partial charge is 0.240 e. The minimum atomic E-state index is -3.46. The fraction of sp³-hybridized carbons (Fsp3) is 0.600. The summed E-state index contributed by atoms with van der Waals surface area (Å²) in [6, 6.07) is 6.77. The largest absolute Gasteiger partial charge is 0.385 e. The van der Waals surface area contributed by atoms with Crippen LogP contribution in [0.4, 0.5) is 5.69 Å². The first-order valence-corrected chi connectivity index (χ1v) is 8.85. The number of benzene rings is 1. The standard InChI is InChI=1S/C15H26N2O3S/c1-4-9-16-14-5-7-15(8-6-14)21(18,19)17-10-11-20-12-13(2)3/h5-8,13,16-17H,4,9-12H2,1-3H3. The second-order valence-electron chi connectivity index (χ2n) is 5.32. The van der Waals surface area contributed by atoms with Crippen molar-refractivity contribution in [2.45, 2.75) is 32.1 Å². The van der Waals surface area contributed by atoms with E-state index in [1.165, 1.54) is 0 Å². The van der Waals surface area contributed by atoms with E-state index in [1.54, 1.807) is 24.3 Å². The summed E-state index contributed by atoms with van der Waals surface area (Å²) in [6.07, 6.45) is 1.03. The lowest BCUT2D eigenvalue weighted by molar-refractivity contribution is 0.114. The van der Waals surface area contributed by atoms with Crippen molar-refractivity contribution >= 4 is 15.7 Å². The van der Waals surface area contributed by atoms with Crippen LogP contribution in [0.5, 0.6) is 0 Å². The zero-order chi connectivity index (χ0) is 15.7. The van der Waals surface area contributed by atoms with Gasteiger partial charge in [-0.2, -0.15) is 0 Å². The molecule has 0 atom stereocenters. The van der Waals surface area contributed by atoms with Crippen LogP contribution in [-0.2, 0) is 14.8 Å². The lowest BCUT2D eigenvalue weighted by Crippen LogP contribution is -2.27. The van der Waals surface area contributed by atoms with E-state index in [9.17, 15) is 8.42 Å². The van der Waals surface area contributed by atoms with Gasteiger partial charge >= 0.3 is 0 Å². The molecule has 0 amide bonds. The Hall–Kier alpha value is -1.11. The zero-order valence-electron chi connectivity index (χ0n) is 13.1. The van der Waals surface area contributed by atoms with Crippen molar-refractivity contribution in [1.29, 1.82) is 0 Å². The third kappa shape index (κ3) is 6.93. The molecule has 21 heavy (non-hydrogen) atoms. The van der Waals surface area contributed by atoms with Gasteiger partial charge in [-0.3, -0.25) is 0 Å². The number of ether oxygens (including phenoxy) is 1. The Bertz CT molecular complexity index is 498. The van der Waals surface area contributed by atoms with Crippen LogP contribution in [0.2, 0.25) is 0 Å². The zero-order valence-corrected chi connectivity index (χ0v) is 13.9. The Kier molecular flexibility index (Phi) is 7.71. The van der Waals surface area contributed by atoms with Crippen molar-refractivity contribution in [3.63, 3.8) is 0 Å². The van der Waals surface area contributed by atoms with Crippen LogP contribution in [0.1, 0.15) is 27.2 Å². The van der Waals surface area contributed by atoms with Crippen molar-refractivity contribution in [2.24, 2.45) is 5.92 Å². The molecule has 0 aliphatic rings. The van der Waals surface area contributed by atoms with Gasteiger partial charge < -0.3 is 10.1 Å². The maximum Gasteiger partial charge on any atom is 0.240 e. The molecule has 0 bridgehead atoms. The number of anilines is 1. The molecule has 5 nitrogen and oxygen atoms in total. The number of nitrogens with one attached hydrogen (secondary N) is 2. The Balaban J connectivity index is 2.46. The van der Waals surface area contributed by atoms with Crippen molar-refractivity contribution in [1.82, 2.24) is 4.72 Å². The number of hydrogen-bond donors (Lipinski definition) is 2. The van der Waals surface area contributed by atoms with Crippen LogP contribution >= 0.6 is 0 Å². The minimum absolute atomic E-state index is 0.272. The molecule has 2 N–H and O–H groups in total. The highest BCUT2D eigenvalue weighted by Crippen LogP contribution is 2.13. The molecule has 0 aliphatic carbocycles. The third-order valence-electron chi connectivity index (χ3n) is 2.73. The molecule has 1 aromatic rings. The molecule has 0 saturated carbocycles. The molecular formula is C15H26N2O3S. The van der Waals surface area contributed by atoms with Gasteiger partial charge in [-0.1, -0.05) is 20.8 Å². The quantitative estimate of drug-likeness (QED) is 0.651. The maximum absolute atomic E-state index is 12.1. The summed E-state index contributed by atoms with van der Waals surface area (Å²) >= 11 is 0. The first-order chi connectivity index (χ1) is 9.95. The Morgan fingerprint density at radius 2 is 1.81 bits per heavy atom. The summed E-state index contributed by atoms with van der Waals surface area (Å²) in [5, 5.41) is 3.21. The first kappa shape index (κ1) is 17.9. The highest BCUT2D eigenvalue weighted by Gasteiger charge is 2.12. The van der Waals surface area contributed by atoms with Crippen molar-refractivity contribution in [2.75, 3.05) is 31.6 Å². The number of sulfonamides is 1. The molecule has 6 heteroatoms. The molecule has 0 aliphatic heterocycles. The Morgan fingerprint density at radius 3 is 2.38 bits per heavy atom. The van der Waals surface area contributed by atoms with Gasteiger partial charge in [0.15, 0.2) is 0 Å². The molecule has 0 unspecified atom stereocenters. The normalized spacial score (nSPS) is 11.8. The Labute approximate surface area is 128 Å². The van der Waals surface area contributed by atoms with Crippen molar-refractivity contribution < 1.29 is 13.2 Å². The maximum atomic E-state index is 12.1. The average Bonchev–Trinajstić information content (AvgIpc) is 2.44. The monoisotopic (exact) mass is 314 g/mol. The van der Waals surface area contributed by atoms with E-state index in [1.807, 2.05) is 0 Å². The van der Waals surface area contributed by atoms with Crippen LogP contribution in [0, 0.1) is 5.92 Å². The summed E-state index contributed by atoms with van der Waals surface area (Å²) in [6.45, 7) is 8.36. The highest BCUT2D eigenvalue weighted by atomic mass is 32.2. The van der Waals surface area contributed by atoms with Crippen LogP contribution < -0.4 is 10.0 Å². The summed E-state index contributed by atoms with van der Waals surface area (Å²) in [5.41, 5.74) is 0.927. The van der Waals surface area contributed by atoms with Gasteiger partial charge in [-0.05, 0) is 36.6 Å². The van der Waals surface area contributed by atoms with E-state index in [2.05, 4.69) is 30.8 Å². The van der Waals surface area contributed by atoms with Gasteiger partial charge in [-0.25, -0.2) is 13.1 Å². The van der Waals surface area contributed by atoms with E-state index < -0.39 is 10.0 Å². The topological polar surface area (TPSA) is 67.4 Å². The second-order valence-corrected chi connectivity index (χ2v) is 7.08. The molecule has 120 valence electrons. The predicted molar refractivity (Wildman–Crippen MR) is 86.1 cm³/mol. The molecule has 0 radical (unpaired) electrons. The predicted octanol–water partition coefficient (Wildman–Crippen LogP) is 2.46. The van der Waals surface area contributed by atoms with E-state index in [0.29, 0.717) is 19.1 Å². The number of rotatable bonds is 10. The molecule has 0 aromatic heterocycles. The van der Waals surface area contributed by atoms with Gasteiger partial charge in [0.25, 0.3) is 0 Å². The third-order valence-corrected chi connectivity index (χ3v) is 4.21. The van der Waals surface area contributed by atoms with E-state index in [0.717, 1.165) is 18.7 Å². The van der Waals surface area contributed by atoms with Crippen LogP contribution in [0.15, 0.2) is 29.2 Å². The summed E-state index contributed by atoms with van der Waals surface area (Å²) in [7, 11) is -3.46.